The molecule has 8 heteroatoms. The van der Waals surface area contributed by atoms with Gasteiger partial charge in [0.2, 0.25) is 11.0 Å². The summed E-state index contributed by atoms with van der Waals surface area (Å²) < 4.78 is 39.7. The van der Waals surface area contributed by atoms with Crippen LogP contribution in [0.15, 0.2) is 0 Å². The second-order valence-electron chi connectivity index (χ2n) is 3.35. The lowest BCUT2D eigenvalue weighted by molar-refractivity contribution is -0.144. The third-order valence-corrected chi connectivity index (χ3v) is 2.93. The fraction of sp³-hybridized carbons (Fsp3) is 0.714. The minimum Gasteiger partial charge on any atom is -0.396 e. The molecule has 4 nitrogen and oxygen atoms in total. The predicted octanol–water partition coefficient (Wildman–Crippen LogP) is 0.985. The van der Waals surface area contributed by atoms with Gasteiger partial charge < -0.3 is 10.0 Å². The Morgan fingerprint density at radius 3 is 2.60 bits per heavy atom. The van der Waals surface area contributed by atoms with E-state index >= 15 is 0 Å². The summed E-state index contributed by atoms with van der Waals surface area (Å²) in [6, 6.07) is 0. The van der Waals surface area contributed by atoms with Crippen LogP contribution < -0.4 is 4.90 Å². The fourth-order valence-corrected chi connectivity index (χ4v) is 2.00. The van der Waals surface area contributed by atoms with E-state index in [2.05, 4.69) is 9.36 Å². The fourth-order valence-electron chi connectivity index (χ4n) is 1.30. The Morgan fingerprint density at radius 2 is 2.13 bits per heavy atom. The summed E-state index contributed by atoms with van der Waals surface area (Å²) in [5.74, 6) is -0.946. The van der Waals surface area contributed by atoms with E-state index < -0.39 is 12.0 Å². The van der Waals surface area contributed by atoms with Crippen molar-refractivity contribution in [3.05, 3.63) is 5.82 Å². The van der Waals surface area contributed by atoms with Crippen LogP contribution in [0.5, 0.6) is 0 Å². The second kappa shape index (κ2) is 3.60. The molecule has 0 atom stereocenters. The summed E-state index contributed by atoms with van der Waals surface area (Å²) in [6.07, 6.45) is -4.48. The van der Waals surface area contributed by atoms with E-state index in [1.165, 1.54) is 0 Å². The molecule has 1 saturated heterocycles. The zero-order chi connectivity index (χ0) is 11.1. The molecule has 2 rings (SSSR count). The van der Waals surface area contributed by atoms with E-state index in [0.717, 1.165) is 11.5 Å². The Kier molecular flexibility index (Phi) is 2.55. The van der Waals surface area contributed by atoms with Gasteiger partial charge in [-0.25, -0.2) is 0 Å². The first-order valence-corrected chi connectivity index (χ1v) is 5.04. The SMILES string of the molecule is OCC1CN(c2nc(C(F)(F)F)ns2)C1. The van der Waals surface area contributed by atoms with Crippen LogP contribution in [0.1, 0.15) is 5.82 Å². The van der Waals surface area contributed by atoms with Gasteiger partial charge in [0.25, 0.3) is 0 Å². The summed E-state index contributed by atoms with van der Waals surface area (Å²) >= 11 is 0.736. The minimum atomic E-state index is -4.48. The molecule has 15 heavy (non-hydrogen) atoms. The number of anilines is 1. The van der Waals surface area contributed by atoms with Crippen molar-refractivity contribution < 1.29 is 18.3 Å². The lowest BCUT2D eigenvalue weighted by Gasteiger charge is -2.37. The molecule has 84 valence electrons. The number of nitrogens with zero attached hydrogens (tertiary/aromatic N) is 3. The molecule has 1 aliphatic rings. The summed E-state index contributed by atoms with van der Waals surface area (Å²) in [7, 11) is 0. The highest BCUT2D eigenvalue weighted by atomic mass is 32.1. The van der Waals surface area contributed by atoms with Crippen LogP contribution in [0, 0.1) is 5.92 Å². The van der Waals surface area contributed by atoms with E-state index in [1.807, 2.05) is 0 Å². The van der Waals surface area contributed by atoms with Crippen molar-refractivity contribution in [3.8, 4) is 0 Å². The van der Waals surface area contributed by atoms with Crippen molar-refractivity contribution in [3.63, 3.8) is 0 Å². The molecule has 1 N–H and O–H groups in total. The first-order valence-electron chi connectivity index (χ1n) is 4.27. The minimum absolute atomic E-state index is 0.0570. The molecule has 0 saturated carbocycles. The standard InChI is InChI=1S/C7H8F3N3OS/c8-7(9,10)5-11-6(15-12-5)13-1-4(2-13)3-14/h4,14H,1-3H2. The molecule has 0 radical (unpaired) electrons. The van der Waals surface area contributed by atoms with Crippen LogP contribution in [0.2, 0.25) is 0 Å². The number of alkyl halides is 3. The number of rotatable bonds is 2. The maximum Gasteiger partial charge on any atom is 0.452 e. The summed E-state index contributed by atoms with van der Waals surface area (Å²) in [5.41, 5.74) is 0. The van der Waals surface area contributed by atoms with Crippen LogP contribution in [0.3, 0.4) is 0 Å². The molecule has 1 fully saturated rings. The second-order valence-corrected chi connectivity index (χ2v) is 4.08. The van der Waals surface area contributed by atoms with E-state index in [-0.39, 0.29) is 17.7 Å². The van der Waals surface area contributed by atoms with Crippen molar-refractivity contribution in [2.45, 2.75) is 6.18 Å². The highest BCUT2D eigenvalue weighted by Crippen LogP contribution is 2.32. The molecule has 0 amide bonds. The number of aliphatic hydroxyl groups is 1. The van der Waals surface area contributed by atoms with Gasteiger partial charge in [-0.15, -0.1) is 0 Å². The van der Waals surface area contributed by atoms with Crippen LogP contribution in [0.4, 0.5) is 18.3 Å². The van der Waals surface area contributed by atoms with Crippen molar-refractivity contribution in [1.82, 2.24) is 9.36 Å². The number of aromatic nitrogens is 2. The summed E-state index contributed by atoms with van der Waals surface area (Å²) in [5, 5.41) is 9.02. The monoisotopic (exact) mass is 239 g/mol. The zero-order valence-electron chi connectivity index (χ0n) is 7.53. The highest BCUT2D eigenvalue weighted by molar-refractivity contribution is 7.09. The molecule has 0 unspecified atom stereocenters. The molecular formula is C7H8F3N3OS. The summed E-state index contributed by atoms with van der Waals surface area (Å²) in [6.45, 7) is 1.15. The van der Waals surface area contributed by atoms with Gasteiger partial charge in [0.15, 0.2) is 0 Å². The molecule has 0 bridgehead atoms. The van der Waals surface area contributed by atoms with Gasteiger partial charge in [-0.2, -0.15) is 22.5 Å². The van der Waals surface area contributed by atoms with E-state index in [4.69, 9.17) is 5.11 Å². The van der Waals surface area contributed by atoms with Crippen LogP contribution in [-0.2, 0) is 6.18 Å². The molecular weight excluding hydrogens is 231 g/mol. The first kappa shape index (κ1) is 10.6. The first-order chi connectivity index (χ1) is 7.00. The van der Waals surface area contributed by atoms with Gasteiger partial charge in [0.05, 0.1) is 0 Å². The van der Waals surface area contributed by atoms with Crippen LogP contribution in [0.25, 0.3) is 0 Å². The number of aliphatic hydroxyl groups excluding tert-OH is 1. The Morgan fingerprint density at radius 1 is 1.47 bits per heavy atom. The maximum atomic E-state index is 12.2. The Bertz CT molecular complexity index is 347. The van der Waals surface area contributed by atoms with Gasteiger partial charge in [0, 0.05) is 37.1 Å². The molecule has 1 aliphatic heterocycles. The lowest BCUT2D eigenvalue weighted by atomic mass is 10.0. The zero-order valence-corrected chi connectivity index (χ0v) is 8.35. The van der Waals surface area contributed by atoms with Crippen molar-refractivity contribution in [2.75, 3.05) is 24.6 Å². The Labute approximate surface area is 87.5 Å². The number of hydrogen-bond donors (Lipinski definition) is 1. The van der Waals surface area contributed by atoms with Gasteiger partial charge in [-0.3, -0.25) is 0 Å². The molecule has 0 spiro atoms. The van der Waals surface area contributed by atoms with Crippen LogP contribution >= 0.6 is 11.5 Å². The lowest BCUT2D eigenvalue weighted by Crippen LogP contribution is -2.48. The smallest absolute Gasteiger partial charge is 0.396 e. The molecule has 2 heterocycles. The Hall–Kier alpha value is -0.890. The molecule has 1 aromatic heterocycles. The van der Waals surface area contributed by atoms with Gasteiger partial charge >= 0.3 is 6.18 Å². The third kappa shape index (κ3) is 2.05. The van der Waals surface area contributed by atoms with Gasteiger partial charge in [-0.1, -0.05) is 0 Å². The quantitative estimate of drug-likeness (QED) is 0.836. The van der Waals surface area contributed by atoms with Gasteiger partial charge in [-0.05, 0) is 0 Å². The van der Waals surface area contributed by atoms with Crippen molar-refractivity contribution in [2.24, 2.45) is 5.92 Å². The normalized spacial score (nSPS) is 18.0. The largest absolute Gasteiger partial charge is 0.452 e. The number of hydrogen-bond acceptors (Lipinski definition) is 5. The molecule has 0 aromatic carbocycles. The third-order valence-electron chi connectivity index (χ3n) is 2.15. The summed E-state index contributed by atoms with van der Waals surface area (Å²) in [4.78, 5) is 5.07. The average molecular weight is 239 g/mol. The maximum absolute atomic E-state index is 12.2. The molecule has 0 aliphatic carbocycles. The molecule has 1 aromatic rings. The van der Waals surface area contributed by atoms with Crippen molar-refractivity contribution in [1.29, 1.82) is 0 Å². The number of halogens is 3. The van der Waals surface area contributed by atoms with Crippen molar-refractivity contribution >= 4 is 16.7 Å². The topological polar surface area (TPSA) is 49.2 Å². The van der Waals surface area contributed by atoms with E-state index in [1.54, 1.807) is 4.90 Å². The highest BCUT2D eigenvalue weighted by Gasteiger charge is 2.38. The van der Waals surface area contributed by atoms with Crippen LogP contribution in [-0.4, -0.2) is 34.2 Å². The average Bonchev–Trinajstić information content (AvgIpc) is 2.50. The van der Waals surface area contributed by atoms with E-state index in [0.29, 0.717) is 13.1 Å². The van der Waals surface area contributed by atoms with Gasteiger partial charge in [0.1, 0.15) is 0 Å². The Balaban J connectivity index is 2.03. The predicted molar refractivity (Wildman–Crippen MR) is 47.7 cm³/mol. The van der Waals surface area contributed by atoms with E-state index in [9.17, 15) is 13.2 Å².